The van der Waals surface area contributed by atoms with Crippen molar-refractivity contribution in [1.82, 2.24) is 15.2 Å². The number of aliphatic imine (C=N–C) groups is 1. The van der Waals surface area contributed by atoms with Gasteiger partial charge in [0.15, 0.2) is 5.96 Å². The van der Waals surface area contributed by atoms with Crippen molar-refractivity contribution >= 4 is 29.9 Å². The fourth-order valence-corrected chi connectivity index (χ4v) is 3.53. The highest BCUT2D eigenvalue weighted by atomic mass is 127. The minimum atomic E-state index is 0. The number of pyridine rings is 1. The number of guanidine groups is 1. The molecule has 1 aromatic rings. The van der Waals surface area contributed by atoms with E-state index in [-0.39, 0.29) is 30.1 Å². The molecule has 154 valence electrons. The summed E-state index contributed by atoms with van der Waals surface area (Å²) >= 11 is 0. The van der Waals surface area contributed by atoms with Gasteiger partial charge in [-0.15, -0.1) is 24.0 Å². The summed E-state index contributed by atoms with van der Waals surface area (Å²) < 4.78 is 5.90. The molecule has 0 aliphatic carbocycles. The summed E-state index contributed by atoms with van der Waals surface area (Å²) in [5.41, 5.74) is 7.08. The van der Waals surface area contributed by atoms with E-state index in [9.17, 15) is 0 Å². The quantitative estimate of drug-likeness (QED) is 0.316. The highest BCUT2D eigenvalue weighted by Crippen LogP contribution is 2.16. The number of hydrogen-bond acceptors (Lipinski definition) is 4. The number of nitrogens with one attached hydrogen (secondary N) is 1. The van der Waals surface area contributed by atoms with Crippen LogP contribution in [0.15, 0.2) is 23.3 Å². The zero-order valence-electron chi connectivity index (χ0n) is 17.1. The molecular weight excluding hydrogens is 453 g/mol. The molecular formula is C20H36IN5O. The van der Waals surface area contributed by atoms with Crippen LogP contribution >= 0.6 is 24.0 Å². The van der Waals surface area contributed by atoms with E-state index < -0.39 is 0 Å². The van der Waals surface area contributed by atoms with Crippen LogP contribution in [0.1, 0.15) is 52.5 Å². The Morgan fingerprint density at radius 2 is 2.22 bits per heavy atom. The Bertz CT molecular complexity index is 581. The summed E-state index contributed by atoms with van der Waals surface area (Å²) in [5, 5.41) is 3.27. The molecule has 0 aromatic carbocycles. The van der Waals surface area contributed by atoms with E-state index in [1.807, 2.05) is 12.1 Å². The Balaban J connectivity index is 0.00000364. The van der Waals surface area contributed by atoms with Crippen molar-refractivity contribution in [3.63, 3.8) is 0 Å². The molecule has 27 heavy (non-hydrogen) atoms. The number of nitrogens with zero attached hydrogens (tertiary/aromatic N) is 3. The molecule has 2 unspecified atom stereocenters. The second-order valence-corrected chi connectivity index (χ2v) is 7.57. The molecule has 2 heterocycles. The molecule has 1 saturated heterocycles. The summed E-state index contributed by atoms with van der Waals surface area (Å²) in [6.45, 7) is 12.4. The van der Waals surface area contributed by atoms with Gasteiger partial charge in [-0.05, 0) is 56.8 Å². The van der Waals surface area contributed by atoms with Gasteiger partial charge in [-0.1, -0.05) is 20.8 Å². The third-order valence-corrected chi connectivity index (χ3v) is 4.78. The Morgan fingerprint density at radius 1 is 1.44 bits per heavy atom. The summed E-state index contributed by atoms with van der Waals surface area (Å²) in [4.78, 5) is 11.2. The van der Waals surface area contributed by atoms with Crippen molar-refractivity contribution in [2.45, 2.75) is 65.6 Å². The molecule has 3 N–H and O–H groups in total. The third kappa shape index (κ3) is 8.64. The maximum Gasteiger partial charge on any atom is 0.213 e. The topological polar surface area (TPSA) is 75.8 Å². The van der Waals surface area contributed by atoms with Crippen molar-refractivity contribution < 1.29 is 4.74 Å². The van der Waals surface area contributed by atoms with Gasteiger partial charge in [-0.3, -0.25) is 4.90 Å². The largest absolute Gasteiger partial charge is 0.475 e. The first-order valence-corrected chi connectivity index (χ1v) is 9.87. The van der Waals surface area contributed by atoms with Crippen LogP contribution in [0.5, 0.6) is 5.88 Å². The van der Waals surface area contributed by atoms with Gasteiger partial charge in [0.1, 0.15) is 0 Å². The van der Waals surface area contributed by atoms with Gasteiger partial charge >= 0.3 is 0 Å². The fourth-order valence-electron chi connectivity index (χ4n) is 3.53. The number of rotatable bonds is 9. The Kier molecular flexibility index (Phi) is 11.0. The number of hydrogen-bond donors (Lipinski definition) is 2. The van der Waals surface area contributed by atoms with E-state index in [2.05, 4.69) is 47.9 Å². The van der Waals surface area contributed by atoms with Crippen molar-refractivity contribution in [2.75, 3.05) is 19.6 Å². The average molecular weight is 489 g/mol. The van der Waals surface area contributed by atoms with Crippen LogP contribution in [0, 0.1) is 5.92 Å². The summed E-state index contributed by atoms with van der Waals surface area (Å²) in [6.07, 6.45) is 5.43. The molecule has 7 heteroatoms. The molecule has 0 saturated carbocycles. The predicted molar refractivity (Wildman–Crippen MR) is 123 cm³/mol. The monoisotopic (exact) mass is 489 g/mol. The molecule has 0 radical (unpaired) electrons. The maximum absolute atomic E-state index is 6.03. The Hall–Kier alpha value is -1.09. The molecule has 0 bridgehead atoms. The predicted octanol–water partition coefficient (Wildman–Crippen LogP) is 3.40. The van der Waals surface area contributed by atoms with Crippen molar-refractivity contribution in [3.05, 3.63) is 23.9 Å². The summed E-state index contributed by atoms with van der Waals surface area (Å²) in [5.74, 6) is 1.76. The van der Waals surface area contributed by atoms with E-state index in [4.69, 9.17) is 10.5 Å². The number of halogens is 1. The lowest BCUT2D eigenvalue weighted by Gasteiger charge is -2.23. The van der Waals surface area contributed by atoms with Gasteiger partial charge in [-0.2, -0.15) is 0 Å². The molecule has 0 spiro atoms. The first kappa shape index (κ1) is 23.9. The number of likely N-dealkylation sites (tertiary alicyclic amines) is 1. The minimum Gasteiger partial charge on any atom is -0.475 e. The van der Waals surface area contributed by atoms with Crippen LogP contribution in [0.25, 0.3) is 0 Å². The molecule has 1 fully saturated rings. The van der Waals surface area contributed by atoms with E-state index in [0.29, 0.717) is 30.3 Å². The highest BCUT2D eigenvalue weighted by Gasteiger charge is 2.22. The molecule has 1 aliphatic heterocycles. The van der Waals surface area contributed by atoms with Crippen LogP contribution in [0.3, 0.4) is 0 Å². The Morgan fingerprint density at radius 3 is 2.93 bits per heavy atom. The SMILES string of the molecule is CCN1CCCC1CNC(N)=NCc1ccnc(OC(C)CC(C)C)c1.I. The van der Waals surface area contributed by atoms with Crippen molar-refractivity contribution in [3.8, 4) is 5.88 Å². The standard InChI is InChI=1S/C20H35N5O.HI/c1-5-25-10-6-7-18(25)14-24-20(21)23-13-17-8-9-22-19(12-17)26-16(4)11-15(2)3;/h8-9,12,15-16,18H,5-7,10-11,13-14H2,1-4H3,(H3,21,23,24);1H. The van der Waals surface area contributed by atoms with Crippen LogP contribution in [0.4, 0.5) is 0 Å². The number of aromatic nitrogens is 1. The first-order valence-electron chi connectivity index (χ1n) is 9.87. The number of ether oxygens (including phenoxy) is 1. The summed E-state index contributed by atoms with van der Waals surface area (Å²) in [7, 11) is 0. The molecule has 2 rings (SSSR count). The second kappa shape index (κ2) is 12.4. The molecule has 2 atom stereocenters. The van der Waals surface area contributed by atoms with Gasteiger partial charge in [-0.25, -0.2) is 9.98 Å². The molecule has 1 aromatic heterocycles. The first-order chi connectivity index (χ1) is 12.5. The van der Waals surface area contributed by atoms with E-state index in [0.717, 1.165) is 25.1 Å². The zero-order chi connectivity index (χ0) is 18.9. The van der Waals surface area contributed by atoms with Crippen LogP contribution in [-0.4, -0.2) is 47.6 Å². The van der Waals surface area contributed by atoms with Gasteiger partial charge in [0, 0.05) is 24.8 Å². The van der Waals surface area contributed by atoms with Gasteiger partial charge in [0.25, 0.3) is 0 Å². The van der Waals surface area contributed by atoms with E-state index in [1.165, 1.54) is 19.4 Å². The lowest BCUT2D eigenvalue weighted by Crippen LogP contribution is -2.42. The highest BCUT2D eigenvalue weighted by molar-refractivity contribution is 14.0. The van der Waals surface area contributed by atoms with Gasteiger partial charge in [0.05, 0.1) is 12.6 Å². The van der Waals surface area contributed by atoms with Crippen LogP contribution in [0.2, 0.25) is 0 Å². The fraction of sp³-hybridized carbons (Fsp3) is 0.700. The van der Waals surface area contributed by atoms with Crippen LogP contribution in [-0.2, 0) is 6.54 Å². The van der Waals surface area contributed by atoms with Gasteiger partial charge < -0.3 is 15.8 Å². The smallest absolute Gasteiger partial charge is 0.213 e. The minimum absolute atomic E-state index is 0. The lowest BCUT2D eigenvalue weighted by atomic mass is 10.1. The molecule has 6 nitrogen and oxygen atoms in total. The third-order valence-electron chi connectivity index (χ3n) is 4.78. The zero-order valence-corrected chi connectivity index (χ0v) is 19.5. The van der Waals surface area contributed by atoms with E-state index in [1.54, 1.807) is 6.20 Å². The lowest BCUT2D eigenvalue weighted by molar-refractivity contribution is 0.185. The average Bonchev–Trinajstić information content (AvgIpc) is 3.05. The Labute approximate surface area is 181 Å². The van der Waals surface area contributed by atoms with Crippen molar-refractivity contribution in [1.29, 1.82) is 0 Å². The van der Waals surface area contributed by atoms with E-state index >= 15 is 0 Å². The second-order valence-electron chi connectivity index (χ2n) is 7.57. The number of likely N-dealkylation sites (N-methyl/N-ethyl adjacent to an activating group) is 1. The molecule has 0 amide bonds. The molecule has 1 aliphatic rings. The van der Waals surface area contributed by atoms with Gasteiger partial charge in [0.2, 0.25) is 5.88 Å². The normalized spacial score (nSPS) is 19.0. The number of nitrogens with two attached hydrogens (primary N) is 1. The van der Waals surface area contributed by atoms with Crippen LogP contribution < -0.4 is 15.8 Å². The van der Waals surface area contributed by atoms with Crippen molar-refractivity contribution in [2.24, 2.45) is 16.6 Å². The maximum atomic E-state index is 6.03. The summed E-state index contributed by atoms with van der Waals surface area (Å²) in [6, 6.07) is 4.47.